The number of carbonyl (C=O) groups excluding carboxylic acids is 2. The Hall–Kier alpha value is -3.81. The molecule has 0 bridgehead atoms. The van der Waals surface area contributed by atoms with Gasteiger partial charge in [-0.05, 0) is 13.8 Å². The number of nitrogens with one attached hydrogen (secondary N) is 1. The minimum Gasteiger partial charge on any atom is -0.492 e. The number of anilines is 1. The van der Waals surface area contributed by atoms with Crippen molar-refractivity contribution >= 4 is 28.3 Å². The summed E-state index contributed by atoms with van der Waals surface area (Å²) in [5.74, 6) is -3.07. The van der Waals surface area contributed by atoms with Crippen LogP contribution in [0.15, 0.2) is 12.4 Å². The Labute approximate surface area is 173 Å². The Morgan fingerprint density at radius 2 is 1.90 bits per heavy atom. The molecule has 0 fully saturated rings. The summed E-state index contributed by atoms with van der Waals surface area (Å²) in [5.41, 5.74) is -0.948. The molecule has 30 heavy (non-hydrogen) atoms. The monoisotopic (exact) mass is 435 g/mol. The number of aromatic nitrogens is 6. The van der Waals surface area contributed by atoms with Gasteiger partial charge in [-0.25, -0.2) is 4.98 Å². The van der Waals surface area contributed by atoms with Gasteiger partial charge in [0.1, 0.15) is 5.69 Å². The average molecular weight is 435 g/mol. The molecule has 0 atom stereocenters. The maximum absolute atomic E-state index is 12.3. The molecule has 0 unspecified atom stereocenters. The summed E-state index contributed by atoms with van der Waals surface area (Å²) in [7, 11) is 1.31. The number of methoxy groups -OCH3 is 1. The normalized spacial score (nSPS) is 11.3. The van der Waals surface area contributed by atoms with Crippen LogP contribution in [0.25, 0.3) is 10.6 Å². The molecular formula is C16H17N7O6S. The molecule has 13 nitrogen and oxygen atoms in total. The van der Waals surface area contributed by atoms with Crippen LogP contribution in [-0.2, 0) is 16.1 Å². The smallest absolute Gasteiger partial charge is 0.320 e. The second-order valence-corrected chi connectivity index (χ2v) is 7.74. The number of hydrogen-bond acceptors (Lipinski definition) is 12. The van der Waals surface area contributed by atoms with Gasteiger partial charge in [0.05, 0.1) is 30.1 Å². The molecule has 3 aromatic rings. The quantitative estimate of drug-likeness (QED) is 0.400. The lowest BCUT2D eigenvalue weighted by Gasteiger charge is -2.20. The lowest BCUT2D eigenvalue weighted by Crippen LogP contribution is -2.30. The van der Waals surface area contributed by atoms with Crippen LogP contribution < -0.4 is 5.32 Å². The van der Waals surface area contributed by atoms with Crippen molar-refractivity contribution in [3.63, 3.8) is 0 Å². The van der Waals surface area contributed by atoms with Crippen molar-refractivity contribution in [3.8, 4) is 28.3 Å². The average Bonchev–Trinajstić information content (AvgIpc) is 3.29. The third kappa shape index (κ3) is 4.27. The number of nitrogens with zero attached hydrogens (tertiary/aromatic N) is 6. The third-order valence-electron chi connectivity index (χ3n) is 3.90. The first kappa shape index (κ1) is 20.9. The molecule has 0 radical (unpaired) electrons. The van der Waals surface area contributed by atoms with Gasteiger partial charge in [0, 0.05) is 6.20 Å². The molecule has 4 N–H and O–H groups in total. The maximum Gasteiger partial charge on any atom is 0.320 e. The molecule has 0 saturated heterocycles. The first-order chi connectivity index (χ1) is 14.1. The number of carbonyl (C=O) groups is 2. The predicted molar refractivity (Wildman–Crippen MR) is 102 cm³/mol. The Morgan fingerprint density at radius 3 is 2.53 bits per heavy atom. The minimum atomic E-state index is -0.922. The predicted octanol–water partition coefficient (Wildman–Crippen LogP) is 0.760. The SMILES string of the molecule is COC(=O)C(C)(C)Cn1cc(-c2cnc(NC(=O)c3c(O)nc(O)nc3O)s2)nn1. The highest BCUT2D eigenvalue weighted by Gasteiger charge is 2.30. The van der Waals surface area contributed by atoms with Crippen molar-refractivity contribution < 1.29 is 29.6 Å². The van der Waals surface area contributed by atoms with Gasteiger partial charge in [-0.2, -0.15) is 9.97 Å². The molecule has 158 valence electrons. The molecule has 0 aliphatic carbocycles. The van der Waals surface area contributed by atoms with E-state index in [1.165, 1.54) is 18.0 Å². The van der Waals surface area contributed by atoms with E-state index in [1.54, 1.807) is 20.0 Å². The summed E-state index contributed by atoms with van der Waals surface area (Å²) in [6.45, 7) is 3.69. The van der Waals surface area contributed by atoms with E-state index in [0.29, 0.717) is 10.6 Å². The van der Waals surface area contributed by atoms with Crippen LogP contribution in [0.2, 0.25) is 0 Å². The minimum absolute atomic E-state index is 0.145. The van der Waals surface area contributed by atoms with Gasteiger partial charge >= 0.3 is 12.0 Å². The highest BCUT2D eigenvalue weighted by Crippen LogP contribution is 2.30. The zero-order chi connectivity index (χ0) is 22.1. The summed E-state index contributed by atoms with van der Waals surface area (Å²) in [6.07, 6.45) is 3.07. The topological polar surface area (TPSA) is 185 Å². The Kier molecular flexibility index (Phi) is 5.51. The fraction of sp³-hybridized carbons (Fsp3) is 0.312. The molecule has 0 aromatic carbocycles. The van der Waals surface area contributed by atoms with Crippen LogP contribution in [0.1, 0.15) is 24.2 Å². The molecule has 3 rings (SSSR count). The van der Waals surface area contributed by atoms with Crippen molar-refractivity contribution in [2.24, 2.45) is 5.41 Å². The molecule has 3 aromatic heterocycles. The fourth-order valence-electron chi connectivity index (χ4n) is 2.47. The maximum atomic E-state index is 12.3. The van der Waals surface area contributed by atoms with Gasteiger partial charge in [-0.15, -0.1) is 5.10 Å². The summed E-state index contributed by atoms with van der Waals surface area (Å²) in [6, 6.07) is -0.878. The van der Waals surface area contributed by atoms with Gasteiger partial charge in [0.25, 0.3) is 5.91 Å². The lowest BCUT2D eigenvalue weighted by molar-refractivity contribution is -0.151. The number of hydrogen-bond donors (Lipinski definition) is 4. The van der Waals surface area contributed by atoms with E-state index < -0.39 is 34.7 Å². The largest absolute Gasteiger partial charge is 0.492 e. The van der Waals surface area contributed by atoms with Crippen molar-refractivity contribution in [3.05, 3.63) is 18.0 Å². The zero-order valence-electron chi connectivity index (χ0n) is 16.0. The molecule has 3 heterocycles. The van der Waals surface area contributed by atoms with Gasteiger partial charge in [-0.3, -0.25) is 19.6 Å². The second-order valence-electron chi connectivity index (χ2n) is 6.71. The van der Waals surface area contributed by atoms with E-state index in [1.807, 2.05) is 0 Å². The van der Waals surface area contributed by atoms with E-state index >= 15 is 0 Å². The van der Waals surface area contributed by atoms with Gasteiger partial charge in [0.2, 0.25) is 11.8 Å². The fourth-order valence-corrected chi connectivity index (χ4v) is 3.23. The molecule has 14 heteroatoms. The zero-order valence-corrected chi connectivity index (χ0v) is 16.8. The van der Waals surface area contributed by atoms with Gasteiger partial charge < -0.3 is 20.1 Å². The van der Waals surface area contributed by atoms with Crippen LogP contribution in [0.4, 0.5) is 5.13 Å². The van der Waals surface area contributed by atoms with Crippen molar-refractivity contribution in [1.82, 2.24) is 29.9 Å². The summed E-state index contributed by atoms with van der Waals surface area (Å²) < 4.78 is 6.27. The van der Waals surface area contributed by atoms with Gasteiger partial charge in [0.15, 0.2) is 10.7 Å². The molecule has 0 saturated carbocycles. The number of thiazole rings is 1. The molecule has 0 spiro atoms. The number of amides is 1. The summed E-state index contributed by atoms with van der Waals surface area (Å²) in [4.78, 5) is 35.1. The first-order valence-corrected chi connectivity index (χ1v) is 9.17. The molecule has 1 amide bonds. The summed E-state index contributed by atoms with van der Waals surface area (Å²) >= 11 is 1.06. The van der Waals surface area contributed by atoms with Crippen LogP contribution in [0.5, 0.6) is 17.8 Å². The van der Waals surface area contributed by atoms with Crippen LogP contribution in [0, 0.1) is 5.41 Å². The second kappa shape index (κ2) is 7.90. The highest BCUT2D eigenvalue weighted by molar-refractivity contribution is 7.19. The van der Waals surface area contributed by atoms with Crippen LogP contribution in [0.3, 0.4) is 0 Å². The van der Waals surface area contributed by atoms with E-state index in [-0.39, 0.29) is 17.6 Å². The molecule has 0 aliphatic heterocycles. The Morgan fingerprint density at radius 1 is 1.23 bits per heavy atom. The van der Waals surface area contributed by atoms with Crippen LogP contribution in [-0.4, -0.2) is 64.3 Å². The van der Waals surface area contributed by atoms with E-state index in [2.05, 4.69) is 30.6 Å². The standard InChI is InChI=1S/C16H17N7O6S/c1-16(2,13(27)29-3)6-23-5-7(21-22-23)8-4-17-15(30-8)20-12(26)9-10(24)18-14(28)19-11(9)25/h4-5H,6H2,1-3H3,(H,17,20,26)(H3,18,19,24,25,28). The Balaban J connectivity index is 1.74. The summed E-state index contributed by atoms with van der Waals surface area (Å²) in [5, 5.41) is 39.0. The van der Waals surface area contributed by atoms with Crippen molar-refractivity contribution in [2.45, 2.75) is 20.4 Å². The van der Waals surface area contributed by atoms with Gasteiger partial charge in [-0.1, -0.05) is 16.6 Å². The Bertz CT molecular complexity index is 1090. The number of esters is 1. The number of aromatic hydroxyl groups is 3. The number of ether oxygens (including phenoxy) is 1. The van der Waals surface area contributed by atoms with Crippen LogP contribution >= 0.6 is 11.3 Å². The molecule has 0 aliphatic rings. The first-order valence-electron chi connectivity index (χ1n) is 8.35. The van der Waals surface area contributed by atoms with Crippen molar-refractivity contribution in [2.75, 3.05) is 12.4 Å². The third-order valence-corrected chi connectivity index (χ3v) is 4.83. The van der Waals surface area contributed by atoms with E-state index in [9.17, 15) is 19.8 Å². The van der Waals surface area contributed by atoms with E-state index in [0.717, 1.165) is 11.3 Å². The molecular weight excluding hydrogens is 418 g/mol. The van der Waals surface area contributed by atoms with E-state index in [4.69, 9.17) is 9.84 Å². The van der Waals surface area contributed by atoms with Crippen molar-refractivity contribution in [1.29, 1.82) is 0 Å². The highest BCUT2D eigenvalue weighted by atomic mass is 32.1. The lowest BCUT2D eigenvalue weighted by atomic mass is 9.94. The number of rotatable bonds is 6.